The van der Waals surface area contributed by atoms with Crippen molar-refractivity contribution in [2.24, 2.45) is 0 Å². The van der Waals surface area contributed by atoms with E-state index in [0.29, 0.717) is 49.0 Å². The first-order chi connectivity index (χ1) is 20.9. The average molecular weight is 647 g/mol. The van der Waals surface area contributed by atoms with Gasteiger partial charge in [0, 0.05) is 32.7 Å². The Morgan fingerprint density at radius 3 is 2.52 bits per heavy atom. The minimum Gasteiger partial charge on any atom is -0.506 e. The van der Waals surface area contributed by atoms with Crippen LogP contribution < -0.4 is 4.87 Å². The molecule has 1 aromatic heterocycles. The zero-order chi connectivity index (χ0) is 31.9. The molecule has 4 rings (SSSR count). The van der Waals surface area contributed by atoms with E-state index < -0.39 is 29.9 Å². The quantitative estimate of drug-likeness (QED) is 0.241. The lowest BCUT2D eigenvalue weighted by atomic mass is 9.89. The van der Waals surface area contributed by atoms with Crippen LogP contribution in [0, 0.1) is 0 Å². The molecule has 0 radical (unpaired) electrons. The van der Waals surface area contributed by atoms with Crippen molar-refractivity contribution < 1.29 is 42.8 Å². The summed E-state index contributed by atoms with van der Waals surface area (Å²) >= 11 is 0.963. The second-order valence-corrected chi connectivity index (χ2v) is 12.7. The Bertz CT molecular complexity index is 1330. The number of hydrogen-bond acceptors (Lipinski definition) is 8. The van der Waals surface area contributed by atoms with Crippen LogP contribution in [0.2, 0.25) is 0 Å². The summed E-state index contributed by atoms with van der Waals surface area (Å²) in [6.07, 6.45) is -0.179. The number of piperidine rings is 1. The fourth-order valence-corrected chi connectivity index (χ4v) is 6.96. The van der Waals surface area contributed by atoms with Gasteiger partial charge in [-0.3, -0.25) is 9.59 Å². The third kappa shape index (κ3) is 9.08. The number of benzene rings is 1. The molecule has 0 saturated carbocycles. The van der Waals surface area contributed by atoms with Crippen LogP contribution in [-0.4, -0.2) is 117 Å². The third-order valence-corrected chi connectivity index (χ3v) is 9.51. The molecule has 0 bridgehead atoms. The Labute approximate surface area is 257 Å². The molecule has 2 saturated heterocycles. The number of unbranched alkanes of at least 4 members (excludes halogenated alkanes) is 4. The maximum atomic E-state index is 12.9. The first-order valence-corrected chi connectivity index (χ1v) is 15.9. The first-order valence-electron chi connectivity index (χ1n) is 15.1. The van der Waals surface area contributed by atoms with Crippen molar-refractivity contribution in [3.05, 3.63) is 27.4 Å². The van der Waals surface area contributed by atoms with Crippen molar-refractivity contribution in [2.75, 3.05) is 52.4 Å². The van der Waals surface area contributed by atoms with Gasteiger partial charge < -0.3 is 39.7 Å². The third-order valence-electron chi connectivity index (χ3n) is 8.55. The predicted octanol–water partition coefficient (Wildman–Crippen LogP) is 3.77. The normalized spacial score (nSPS) is 18.1. The highest BCUT2D eigenvalue weighted by Gasteiger charge is 2.48. The molecule has 2 amide bonds. The average Bonchev–Trinajstić information content (AvgIpc) is 3.38. The number of carboxylic acid groups (broad SMARTS) is 1. The number of rotatable bonds is 13. The SMILES string of the molecule is O=C(O)N(CCc1ccc(O)c2[nH]c(=O)sc12)CC(O)CCCCCCCN1CCC2(CC1)CN(C(=O)C(F)(F)F)CCO2. The number of aliphatic hydroxyl groups is 1. The number of aromatic nitrogens is 1. The number of aliphatic hydroxyl groups excluding tert-OH is 1. The van der Waals surface area contributed by atoms with E-state index in [9.17, 15) is 42.9 Å². The van der Waals surface area contributed by atoms with E-state index in [1.165, 1.54) is 11.0 Å². The molecular formula is C29H41F3N4O7S. The van der Waals surface area contributed by atoms with Crippen LogP contribution in [-0.2, 0) is 16.0 Å². The van der Waals surface area contributed by atoms with Crippen molar-refractivity contribution in [3.8, 4) is 5.75 Å². The summed E-state index contributed by atoms with van der Waals surface area (Å²) < 4.78 is 45.0. The molecule has 3 heterocycles. The van der Waals surface area contributed by atoms with Crippen LogP contribution in [0.1, 0.15) is 56.9 Å². The molecule has 0 aliphatic carbocycles. The Kier molecular flexibility index (Phi) is 11.5. The van der Waals surface area contributed by atoms with Crippen LogP contribution in [0.5, 0.6) is 5.75 Å². The number of alkyl halides is 3. The van der Waals surface area contributed by atoms with E-state index >= 15 is 0 Å². The fourth-order valence-electron chi connectivity index (χ4n) is 6.07. The number of nitrogens with zero attached hydrogens (tertiary/aromatic N) is 3. The highest BCUT2D eigenvalue weighted by Crippen LogP contribution is 2.32. The smallest absolute Gasteiger partial charge is 0.471 e. The van der Waals surface area contributed by atoms with Gasteiger partial charge in [0.25, 0.3) is 0 Å². The minimum absolute atomic E-state index is 0.0117. The monoisotopic (exact) mass is 646 g/mol. The van der Waals surface area contributed by atoms with Crippen LogP contribution in [0.25, 0.3) is 10.2 Å². The van der Waals surface area contributed by atoms with Gasteiger partial charge in [-0.15, -0.1) is 0 Å². The number of amides is 2. The largest absolute Gasteiger partial charge is 0.506 e. The second-order valence-electron chi connectivity index (χ2n) is 11.7. The summed E-state index contributed by atoms with van der Waals surface area (Å²) in [4.78, 5) is 41.8. The zero-order valence-corrected chi connectivity index (χ0v) is 25.4. The highest BCUT2D eigenvalue weighted by molar-refractivity contribution is 7.16. The number of nitrogens with one attached hydrogen (secondary N) is 1. The Morgan fingerprint density at radius 2 is 1.82 bits per heavy atom. The molecule has 1 aromatic carbocycles. The van der Waals surface area contributed by atoms with Gasteiger partial charge in [-0.2, -0.15) is 13.2 Å². The number of halogens is 3. The Hall–Kier alpha value is -2.88. The van der Waals surface area contributed by atoms with Gasteiger partial charge in [0.05, 0.1) is 29.6 Å². The number of phenolic OH excluding ortho intramolecular Hbond substituents is 1. The van der Waals surface area contributed by atoms with Crippen LogP contribution in [0.3, 0.4) is 0 Å². The lowest BCUT2D eigenvalue weighted by molar-refractivity contribution is -0.200. The van der Waals surface area contributed by atoms with Gasteiger partial charge in [0.2, 0.25) is 0 Å². The van der Waals surface area contributed by atoms with Gasteiger partial charge in [-0.25, -0.2) is 4.79 Å². The molecule has 15 heteroatoms. The number of fused-ring (bicyclic) bond motifs is 1. The van der Waals surface area contributed by atoms with Gasteiger partial charge in [0.15, 0.2) is 0 Å². The summed E-state index contributed by atoms with van der Waals surface area (Å²) in [7, 11) is 0. The van der Waals surface area contributed by atoms with Crippen molar-refractivity contribution in [1.82, 2.24) is 19.7 Å². The molecule has 2 aliphatic rings. The number of hydrogen-bond donors (Lipinski definition) is 4. The predicted molar refractivity (Wildman–Crippen MR) is 158 cm³/mol. The summed E-state index contributed by atoms with van der Waals surface area (Å²) in [5.41, 5.74) is 0.392. The summed E-state index contributed by atoms with van der Waals surface area (Å²) in [6, 6.07) is 3.14. The van der Waals surface area contributed by atoms with E-state index in [1.54, 1.807) is 6.07 Å². The second kappa shape index (κ2) is 14.9. The molecule has 1 spiro atoms. The number of carbonyl (C=O) groups excluding carboxylic acids is 1. The van der Waals surface area contributed by atoms with Gasteiger partial charge in [0.1, 0.15) is 11.3 Å². The minimum atomic E-state index is -4.87. The molecule has 2 aliphatic heterocycles. The van der Waals surface area contributed by atoms with Gasteiger partial charge >= 0.3 is 23.0 Å². The standard InChI is InChI=1S/C29H41F3N4O7S/c30-29(31,32)25(39)36-16-17-43-28(19-36)10-14-34(15-11-28)12-5-3-1-2-4-6-21(37)18-35(27(41)42)13-9-20-7-8-22(38)23-24(20)44-26(40)33-23/h7-8,21,37-38H,1-6,9-19H2,(H,33,40)(H,41,42). The summed E-state index contributed by atoms with van der Waals surface area (Å²) in [5.74, 6) is -1.83. The van der Waals surface area contributed by atoms with E-state index in [4.69, 9.17) is 4.74 Å². The maximum absolute atomic E-state index is 12.9. The van der Waals surface area contributed by atoms with Crippen LogP contribution in [0.4, 0.5) is 18.0 Å². The van der Waals surface area contributed by atoms with E-state index in [2.05, 4.69) is 9.88 Å². The number of morpholine rings is 1. The molecule has 1 unspecified atom stereocenters. The number of ether oxygens (including phenoxy) is 1. The molecule has 246 valence electrons. The molecule has 44 heavy (non-hydrogen) atoms. The summed E-state index contributed by atoms with van der Waals surface area (Å²) in [5, 5.41) is 30.0. The number of likely N-dealkylation sites (tertiary alicyclic amines) is 1. The van der Waals surface area contributed by atoms with Crippen LogP contribution in [0.15, 0.2) is 16.9 Å². The van der Waals surface area contributed by atoms with E-state index in [0.717, 1.165) is 60.4 Å². The summed E-state index contributed by atoms with van der Waals surface area (Å²) in [6.45, 7) is 2.50. The number of carbonyl (C=O) groups is 2. The molecular weight excluding hydrogens is 605 g/mol. The topological polar surface area (TPSA) is 147 Å². The number of thiazole rings is 1. The molecule has 4 N–H and O–H groups in total. The van der Waals surface area contributed by atoms with Crippen LogP contribution >= 0.6 is 11.3 Å². The molecule has 2 aromatic rings. The van der Waals surface area contributed by atoms with E-state index in [-0.39, 0.29) is 43.4 Å². The number of phenols is 1. The van der Waals surface area contributed by atoms with Crippen molar-refractivity contribution in [2.45, 2.75) is 75.7 Å². The Morgan fingerprint density at radius 1 is 1.11 bits per heavy atom. The van der Waals surface area contributed by atoms with Crippen molar-refractivity contribution in [3.63, 3.8) is 0 Å². The number of aromatic amines is 1. The highest BCUT2D eigenvalue weighted by atomic mass is 32.1. The maximum Gasteiger partial charge on any atom is 0.471 e. The Balaban J connectivity index is 1.08. The lowest BCUT2D eigenvalue weighted by Crippen LogP contribution is -2.59. The molecule has 2 fully saturated rings. The number of H-pyrrole nitrogens is 1. The molecule has 11 nitrogen and oxygen atoms in total. The van der Waals surface area contributed by atoms with E-state index in [1.807, 2.05) is 0 Å². The van der Waals surface area contributed by atoms with Crippen molar-refractivity contribution >= 4 is 33.6 Å². The number of aromatic hydroxyl groups is 1. The first kappa shape index (κ1) is 34.0. The zero-order valence-electron chi connectivity index (χ0n) is 24.6. The van der Waals surface area contributed by atoms with Gasteiger partial charge in [-0.05, 0) is 50.3 Å². The van der Waals surface area contributed by atoms with Gasteiger partial charge in [-0.1, -0.05) is 43.1 Å². The molecule has 1 atom stereocenters. The fraction of sp³-hybridized carbons (Fsp3) is 0.690. The van der Waals surface area contributed by atoms with Crippen molar-refractivity contribution in [1.29, 1.82) is 0 Å². The lowest BCUT2D eigenvalue weighted by Gasteiger charge is -2.47.